The summed E-state index contributed by atoms with van der Waals surface area (Å²) in [5.74, 6) is 0.299. The Balaban J connectivity index is 1.74. The lowest BCUT2D eigenvalue weighted by Crippen LogP contribution is -2.49. The van der Waals surface area contributed by atoms with Crippen molar-refractivity contribution in [3.63, 3.8) is 0 Å². The van der Waals surface area contributed by atoms with E-state index in [9.17, 15) is 4.79 Å². The molecule has 1 amide bonds. The van der Waals surface area contributed by atoms with Crippen LogP contribution in [-0.2, 0) is 4.79 Å². The van der Waals surface area contributed by atoms with Gasteiger partial charge in [0.1, 0.15) is 0 Å². The SMILES string of the molecule is CC(c1ccccc1Cl)N1CCN(C(=O)CCCCCCN)CC1. The Labute approximate surface area is 150 Å². The fourth-order valence-electron chi connectivity index (χ4n) is 3.30. The standard InChI is InChI=1S/C19H30ClN3O/c1-16(17-8-5-6-9-18(17)20)22-12-14-23(15-13-22)19(24)10-4-2-3-7-11-21/h5-6,8-9,16H,2-4,7,10-15,21H2,1H3. The molecule has 1 atom stereocenters. The van der Waals surface area contributed by atoms with Gasteiger partial charge < -0.3 is 10.6 Å². The molecule has 134 valence electrons. The van der Waals surface area contributed by atoms with Crippen molar-refractivity contribution in [3.8, 4) is 0 Å². The number of hydrogen-bond donors (Lipinski definition) is 1. The summed E-state index contributed by atoms with van der Waals surface area (Å²) in [6, 6.07) is 8.31. The van der Waals surface area contributed by atoms with Crippen molar-refractivity contribution < 1.29 is 4.79 Å². The third-order valence-corrected chi connectivity index (χ3v) is 5.26. The lowest BCUT2D eigenvalue weighted by molar-refractivity contribution is -0.133. The highest BCUT2D eigenvalue weighted by Gasteiger charge is 2.25. The molecule has 1 aromatic rings. The normalized spacial score (nSPS) is 17.0. The number of carbonyl (C=O) groups excluding carboxylic acids is 1. The molecule has 1 aliphatic rings. The van der Waals surface area contributed by atoms with Gasteiger partial charge in [0, 0.05) is 43.7 Å². The number of benzene rings is 1. The number of unbranched alkanes of at least 4 members (excludes halogenated alkanes) is 3. The van der Waals surface area contributed by atoms with E-state index < -0.39 is 0 Å². The van der Waals surface area contributed by atoms with Crippen LogP contribution < -0.4 is 5.73 Å². The first-order valence-electron chi connectivity index (χ1n) is 9.10. The summed E-state index contributed by atoms with van der Waals surface area (Å²) in [6.45, 7) is 6.39. The molecule has 2 N–H and O–H groups in total. The number of rotatable bonds is 8. The van der Waals surface area contributed by atoms with Crippen LogP contribution in [0.4, 0.5) is 0 Å². The first-order chi connectivity index (χ1) is 11.6. The summed E-state index contributed by atoms with van der Waals surface area (Å²) in [4.78, 5) is 16.7. The van der Waals surface area contributed by atoms with Gasteiger partial charge >= 0.3 is 0 Å². The highest BCUT2D eigenvalue weighted by molar-refractivity contribution is 6.31. The summed E-state index contributed by atoms with van der Waals surface area (Å²) in [5, 5.41) is 0.820. The van der Waals surface area contributed by atoms with Crippen LogP contribution in [0, 0.1) is 0 Å². The second kappa shape index (κ2) is 10.0. The topological polar surface area (TPSA) is 49.6 Å². The second-order valence-corrected chi connectivity index (χ2v) is 6.97. The van der Waals surface area contributed by atoms with Gasteiger partial charge in [0.25, 0.3) is 0 Å². The molecule has 2 rings (SSSR count). The molecule has 1 fully saturated rings. The molecule has 24 heavy (non-hydrogen) atoms. The molecule has 4 nitrogen and oxygen atoms in total. The molecule has 1 aliphatic heterocycles. The number of piperazine rings is 1. The lowest BCUT2D eigenvalue weighted by Gasteiger charge is -2.38. The first kappa shape index (κ1) is 19.2. The van der Waals surface area contributed by atoms with Crippen molar-refractivity contribution in [1.29, 1.82) is 0 Å². The Morgan fingerprint density at radius 3 is 2.46 bits per heavy atom. The van der Waals surface area contributed by atoms with Crippen LogP contribution in [0.1, 0.15) is 50.6 Å². The van der Waals surface area contributed by atoms with E-state index >= 15 is 0 Å². The van der Waals surface area contributed by atoms with E-state index in [1.165, 1.54) is 5.56 Å². The zero-order chi connectivity index (χ0) is 17.4. The van der Waals surface area contributed by atoms with Crippen molar-refractivity contribution >= 4 is 17.5 Å². The minimum absolute atomic E-state index is 0.284. The van der Waals surface area contributed by atoms with Crippen LogP contribution in [0.2, 0.25) is 5.02 Å². The summed E-state index contributed by atoms with van der Waals surface area (Å²) in [6.07, 6.45) is 4.95. The van der Waals surface area contributed by atoms with E-state index in [2.05, 4.69) is 17.9 Å². The Kier molecular flexibility index (Phi) is 8.03. The number of carbonyl (C=O) groups is 1. The van der Waals surface area contributed by atoms with Crippen molar-refractivity contribution in [2.24, 2.45) is 5.73 Å². The van der Waals surface area contributed by atoms with E-state index in [0.717, 1.165) is 63.4 Å². The largest absolute Gasteiger partial charge is 0.340 e. The predicted molar refractivity (Wildman–Crippen MR) is 100 cm³/mol. The Morgan fingerprint density at radius 2 is 1.79 bits per heavy atom. The second-order valence-electron chi connectivity index (χ2n) is 6.57. The molecule has 1 heterocycles. The van der Waals surface area contributed by atoms with Crippen LogP contribution in [0.15, 0.2) is 24.3 Å². The maximum absolute atomic E-state index is 12.3. The molecule has 0 bridgehead atoms. The molecule has 0 aliphatic carbocycles. The van der Waals surface area contributed by atoms with Gasteiger partial charge in [-0.05, 0) is 37.9 Å². The third kappa shape index (κ3) is 5.47. The molecular formula is C19H30ClN3O. The quantitative estimate of drug-likeness (QED) is 0.730. The fourth-order valence-corrected chi connectivity index (χ4v) is 3.60. The molecule has 1 aromatic carbocycles. The Morgan fingerprint density at radius 1 is 1.12 bits per heavy atom. The lowest BCUT2D eigenvalue weighted by atomic mass is 10.1. The van der Waals surface area contributed by atoms with Gasteiger partial charge in [0.05, 0.1) is 0 Å². The van der Waals surface area contributed by atoms with Crippen LogP contribution >= 0.6 is 11.6 Å². The van der Waals surface area contributed by atoms with E-state index in [-0.39, 0.29) is 6.04 Å². The summed E-state index contributed by atoms with van der Waals surface area (Å²) in [7, 11) is 0. The minimum Gasteiger partial charge on any atom is -0.340 e. The van der Waals surface area contributed by atoms with Crippen molar-refractivity contribution in [2.75, 3.05) is 32.7 Å². The molecule has 0 radical (unpaired) electrons. The summed E-state index contributed by atoms with van der Waals surface area (Å²) >= 11 is 6.31. The van der Waals surface area contributed by atoms with Crippen LogP contribution in [0.3, 0.4) is 0 Å². The van der Waals surface area contributed by atoms with Gasteiger partial charge in [-0.25, -0.2) is 0 Å². The Hall–Kier alpha value is -1.10. The highest BCUT2D eigenvalue weighted by Crippen LogP contribution is 2.27. The number of halogens is 1. The first-order valence-corrected chi connectivity index (χ1v) is 9.47. The average molecular weight is 352 g/mol. The average Bonchev–Trinajstić information content (AvgIpc) is 2.61. The third-order valence-electron chi connectivity index (χ3n) is 4.91. The van der Waals surface area contributed by atoms with Crippen molar-refractivity contribution in [1.82, 2.24) is 9.80 Å². The molecular weight excluding hydrogens is 322 g/mol. The predicted octanol–water partition coefficient (Wildman–Crippen LogP) is 3.45. The van der Waals surface area contributed by atoms with Gasteiger partial charge in [0.2, 0.25) is 5.91 Å². The fraction of sp³-hybridized carbons (Fsp3) is 0.632. The summed E-state index contributed by atoms with van der Waals surface area (Å²) in [5.41, 5.74) is 6.65. The highest BCUT2D eigenvalue weighted by atomic mass is 35.5. The van der Waals surface area contributed by atoms with Crippen LogP contribution in [-0.4, -0.2) is 48.4 Å². The minimum atomic E-state index is 0.284. The van der Waals surface area contributed by atoms with Gasteiger partial charge in [-0.3, -0.25) is 9.69 Å². The summed E-state index contributed by atoms with van der Waals surface area (Å²) < 4.78 is 0. The van der Waals surface area contributed by atoms with Crippen LogP contribution in [0.25, 0.3) is 0 Å². The molecule has 1 saturated heterocycles. The number of hydrogen-bond acceptors (Lipinski definition) is 3. The molecule has 0 aromatic heterocycles. The number of nitrogens with zero attached hydrogens (tertiary/aromatic N) is 2. The van der Waals surface area contributed by atoms with E-state index in [4.69, 9.17) is 17.3 Å². The maximum atomic E-state index is 12.3. The van der Waals surface area contributed by atoms with Gasteiger partial charge in [0.15, 0.2) is 0 Å². The van der Waals surface area contributed by atoms with E-state index in [1.807, 2.05) is 23.1 Å². The Bertz CT molecular complexity index is 515. The molecule has 1 unspecified atom stereocenters. The van der Waals surface area contributed by atoms with Gasteiger partial charge in [-0.2, -0.15) is 0 Å². The van der Waals surface area contributed by atoms with Gasteiger partial charge in [-0.1, -0.05) is 42.6 Å². The number of amides is 1. The molecule has 5 heteroatoms. The molecule has 0 saturated carbocycles. The van der Waals surface area contributed by atoms with E-state index in [0.29, 0.717) is 12.3 Å². The van der Waals surface area contributed by atoms with Crippen molar-refractivity contribution in [2.45, 2.75) is 45.1 Å². The zero-order valence-corrected chi connectivity index (χ0v) is 15.5. The maximum Gasteiger partial charge on any atom is 0.222 e. The monoisotopic (exact) mass is 351 g/mol. The van der Waals surface area contributed by atoms with Gasteiger partial charge in [-0.15, -0.1) is 0 Å². The van der Waals surface area contributed by atoms with Crippen LogP contribution in [0.5, 0.6) is 0 Å². The zero-order valence-electron chi connectivity index (χ0n) is 14.7. The number of nitrogens with two attached hydrogens (primary N) is 1. The van der Waals surface area contributed by atoms with E-state index in [1.54, 1.807) is 0 Å². The molecule has 0 spiro atoms. The van der Waals surface area contributed by atoms with Crippen molar-refractivity contribution in [3.05, 3.63) is 34.9 Å². The smallest absolute Gasteiger partial charge is 0.222 e.